The minimum atomic E-state index is -0.639. The van der Waals surface area contributed by atoms with Crippen LogP contribution in [0.4, 0.5) is 0 Å². The molecule has 0 aromatic carbocycles. The summed E-state index contributed by atoms with van der Waals surface area (Å²) in [6.07, 6.45) is 33.0. The molecule has 0 aliphatic heterocycles. The Kier molecular flexibility index (Phi) is 45.0. The molecule has 3 atom stereocenters. The Bertz CT molecular complexity index is 1050. The van der Waals surface area contributed by atoms with Gasteiger partial charge in [0.1, 0.15) is 5.25 Å². The molecule has 0 aliphatic carbocycles. The lowest BCUT2D eigenvalue weighted by molar-refractivity contribution is -0.150. The van der Waals surface area contributed by atoms with Gasteiger partial charge in [-0.25, -0.2) is 0 Å². The Balaban J connectivity index is 4.66. The van der Waals surface area contributed by atoms with Crippen molar-refractivity contribution >= 4 is 45.5 Å². The van der Waals surface area contributed by atoms with E-state index in [4.69, 9.17) is 18.9 Å². The topological polar surface area (TPSA) is 108 Å². The third-order valence-corrected chi connectivity index (χ3v) is 14.3. The van der Waals surface area contributed by atoms with E-state index in [2.05, 4.69) is 32.6 Å². The zero-order chi connectivity index (χ0) is 45.7. The molecule has 0 spiro atoms. The van der Waals surface area contributed by atoms with E-state index in [0.717, 1.165) is 95.8 Å². The van der Waals surface area contributed by atoms with Crippen LogP contribution in [0.15, 0.2) is 0 Å². The smallest absolute Gasteiger partial charge is 0.320 e. The van der Waals surface area contributed by atoms with Gasteiger partial charge in [0.2, 0.25) is 0 Å². The first-order valence-electron chi connectivity index (χ1n) is 25.8. The number of carbonyl (C=O) groups excluding carboxylic acids is 4. The van der Waals surface area contributed by atoms with E-state index in [0.29, 0.717) is 26.1 Å². The molecule has 0 saturated heterocycles. The van der Waals surface area contributed by atoms with E-state index >= 15 is 0 Å². The van der Waals surface area contributed by atoms with Gasteiger partial charge in [0, 0.05) is 5.75 Å². The molecule has 0 aromatic heterocycles. The molecule has 0 bridgehead atoms. The quantitative estimate of drug-likeness (QED) is 0.0252. The van der Waals surface area contributed by atoms with Crippen LogP contribution in [-0.2, 0) is 38.1 Å². The van der Waals surface area contributed by atoms with Gasteiger partial charge in [0.05, 0.1) is 44.7 Å². The molecule has 9 nitrogen and oxygen atoms in total. The second-order valence-electron chi connectivity index (χ2n) is 17.8. The fourth-order valence-corrected chi connectivity index (χ4v) is 9.90. The monoisotopic (exact) mass is 916 g/mol. The Hall–Kier alpha value is -1.46. The number of ether oxygens (including phenoxy) is 4. The summed E-state index contributed by atoms with van der Waals surface area (Å²) in [7, 11) is 7.06. The molecule has 62 heavy (non-hydrogen) atoms. The summed E-state index contributed by atoms with van der Waals surface area (Å²) < 4.78 is 22.7. The maximum atomic E-state index is 13.2. The fourth-order valence-electron chi connectivity index (χ4n) is 7.47. The van der Waals surface area contributed by atoms with Crippen molar-refractivity contribution in [3.8, 4) is 0 Å². The number of carbonyl (C=O) groups is 4. The Morgan fingerprint density at radius 1 is 0.419 bits per heavy atom. The molecule has 0 heterocycles. The number of hydrogen-bond donors (Lipinski definition) is 0. The van der Waals surface area contributed by atoms with Gasteiger partial charge < -0.3 is 23.8 Å². The van der Waals surface area contributed by atoms with Crippen molar-refractivity contribution in [2.24, 2.45) is 11.8 Å². The first-order valence-corrected chi connectivity index (χ1v) is 28.2. The van der Waals surface area contributed by atoms with E-state index in [1.807, 2.05) is 14.1 Å². The van der Waals surface area contributed by atoms with Crippen molar-refractivity contribution in [3.63, 3.8) is 0 Å². The SMILES string of the molecule is CCCCCCCCC(CCCCCC)C(=O)OCCCCCOC(=O)CC(SSCCCN(C)C)C(=O)OCCCCCOC(=O)C(CCCCCC)CCCCCCCC. The van der Waals surface area contributed by atoms with Crippen LogP contribution in [0.5, 0.6) is 0 Å². The fraction of sp³-hybridized carbons (Fsp3) is 0.922. The minimum Gasteiger partial charge on any atom is -0.466 e. The molecule has 0 rings (SSSR count). The number of esters is 4. The van der Waals surface area contributed by atoms with Crippen molar-refractivity contribution in [2.75, 3.05) is 52.8 Å². The second kappa shape index (κ2) is 46.1. The molecular weight excluding hydrogens is 819 g/mol. The lowest BCUT2D eigenvalue weighted by Gasteiger charge is -2.17. The van der Waals surface area contributed by atoms with Crippen LogP contribution in [0.2, 0.25) is 0 Å². The van der Waals surface area contributed by atoms with Gasteiger partial charge in [-0.3, -0.25) is 19.2 Å². The summed E-state index contributed by atoms with van der Waals surface area (Å²) in [4.78, 5) is 54.1. The highest BCUT2D eigenvalue weighted by Gasteiger charge is 2.26. The van der Waals surface area contributed by atoms with Crippen LogP contribution < -0.4 is 0 Å². The van der Waals surface area contributed by atoms with Crippen LogP contribution in [0, 0.1) is 11.8 Å². The standard InChI is InChI=1S/C51H97NO8S2/c1-7-11-15-19-21-27-36-45(34-25-17-13-9-3)49(54)58-40-30-23-29-39-57-48(53)44-47(62-61-43-33-38-52(5)6)51(56)60-42-32-24-31-41-59-50(55)46(35-26-18-14-10-4)37-28-22-20-16-12-8-2/h45-47H,7-44H2,1-6H3. The first-order chi connectivity index (χ1) is 30.2. The van der Waals surface area contributed by atoms with Crippen molar-refractivity contribution in [3.05, 3.63) is 0 Å². The maximum absolute atomic E-state index is 13.2. The van der Waals surface area contributed by atoms with Crippen molar-refractivity contribution < 1.29 is 38.1 Å². The third kappa shape index (κ3) is 39.0. The molecule has 0 N–H and O–H groups in total. The van der Waals surface area contributed by atoms with E-state index in [1.54, 1.807) is 10.8 Å². The first kappa shape index (κ1) is 60.5. The molecule has 366 valence electrons. The van der Waals surface area contributed by atoms with Gasteiger partial charge in [-0.05, 0) is 91.3 Å². The minimum absolute atomic E-state index is 0.000351. The number of unbranched alkanes of at least 4 members (excludes halogenated alkanes) is 20. The summed E-state index contributed by atoms with van der Waals surface area (Å²) in [5.41, 5.74) is 0. The van der Waals surface area contributed by atoms with Crippen molar-refractivity contribution in [1.82, 2.24) is 4.90 Å². The summed E-state index contributed by atoms with van der Waals surface area (Å²) >= 11 is 0. The Morgan fingerprint density at radius 3 is 1.16 bits per heavy atom. The predicted octanol–water partition coefficient (Wildman–Crippen LogP) is 14.3. The highest BCUT2D eigenvalue weighted by molar-refractivity contribution is 8.77. The van der Waals surface area contributed by atoms with E-state index in [9.17, 15) is 19.2 Å². The summed E-state index contributed by atoms with van der Waals surface area (Å²) in [6, 6.07) is 0. The number of rotatable bonds is 47. The molecule has 11 heteroatoms. The molecule has 0 aliphatic rings. The van der Waals surface area contributed by atoms with E-state index < -0.39 is 11.2 Å². The van der Waals surface area contributed by atoms with Crippen molar-refractivity contribution in [1.29, 1.82) is 0 Å². The van der Waals surface area contributed by atoms with E-state index in [-0.39, 0.29) is 49.4 Å². The largest absolute Gasteiger partial charge is 0.466 e. The summed E-state index contributed by atoms with van der Waals surface area (Å²) in [5.74, 6) is -0.0210. The van der Waals surface area contributed by atoms with Crippen LogP contribution in [0.25, 0.3) is 0 Å². The zero-order valence-electron chi connectivity index (χ0n) is 41.1. The molecule has 0 aromatic rings. The average Bonchev–Trinajstić information content (AvgIpc) is 3.25. The van der Waals surface area contributed by atoms with Crippen LogP contribution >= 0.6 is 21.6 Å². The molecule has 0 radical (unpaired) electrons. The third-order valence-electron chi connectivity index (χ3n) is 11.5. The molecule has 0 fully saturated rings. The lowest BCUT2D eigenvalue weighted by Crippen LogP contribution is -2.24. The van der Waals surface area contributed by atoms with Gasteiger partial charge in [-0.2, -0.15) is 0 Å². The lowest BCUT2D eigenvalue weighted by atomic mass is 9.94. The van der Waals surface area contributed by atoms with E-state index in [1.165, 1.54) is 114 Å². The van der Waals surface area contributed by atoms with Gasteiger partial charge in [0.25, 0.3) is 0 Å². The summed E-state index contributed by atoms with van der Waals surface area (Å²) in [6.45, 7) is 11.2. The van der Waals surface area contributed by atoms with Crippen LogP contribution in [-0.4, -0.2) is 86.8 Å². The number of nitrogens with zero attached hydrogens (tertiary/aromatic N) is 1. The average molecular weight is 916 g/mol. The normalized spacial score (nSPS) is 12.9. The summed E-state index contributed by atoms with van der Waals surface area (Å²) in [5, 5.41) is -0.639. The maximum Gasteiger partial charge on any atom is 0.320 e. The van der Waals surface area contributed by atoms with Gasteiger partial charge in [0.15, 0.2) is 0 Å². The van der Waals surface area contributed by atoms with Gasteiger partial charge >= 0.3 is 23.9 Å². The molecule has 0 saturated carbocycles. The molecular formula is C51H97NO8S2. The highest BCUT2D eigenvalue weighted by atomic mass is 33.1. The molecule has 0 amide bonds. The Morgan fingerprint density at radius 2 is 0.758 bits per heavy atom. The van der Waals surface area contributed by atoms with Crippen LogP contribution in [0.3, 0.4) is 0 Å². The van der Waals surface area contributed by atoms with Crippen LogP contribution in [0.1, 0.15) is 233 Å². The van der Waals surface area contributed by atoms with Gasteiger partial charge in [-0.15, -0.1) is 0 Å². The number of hydrogen-bond acceptors (Lipinski definition) is 11. The Labute approximate surface area is 389 Å². The zero-order valence-corrected chi connectivity index (χ0v) is 42.8. The predicted molar refractivity (Wildman–Crippen MR) is 264 cm³/mol. The molecule has 3 unspecified atom stereocenters. The highest BCUT2D eigenvalue weighted by Crippen LogP contribution is 2.31. The second-order valence-corrected chi connectivity index (χ2v) is 20.5. The van der Waals surface area contributed by atoms with Crippen molar-refractivity contribution in [2.45, 2.75) is 238 Å². The van der Waals surface area contributed by atoms with Gasteiger partial charge in [-0.1, -0.05) is 178 Å².